The molecule has 4 nitrogen and oxygen atoms in total. The van der Waals surface area contributed by atoms with E-state index in [1.54, 1.807) is 24.5 Å². The van der Waals surface area contributed by atoms with E-state index in [1.807, 2.05) is 36.4 Å². The zero-order chi connectivity index (χ0) is 14.7. The molecule has 1 atom stereocenters. The second kappa shape index (κ2) is 6.01. The van der Waals surface area contributed by atoms with Crippen LogP contribution in [-0.2, 0) is 0 Å². The molecule has 0 radical (unpaired) electrons. The summed E-state index contributed by atoms with van der Waals surface area (Å²) in [6.07, 6.45) is 1.58. The van der Waals surface area contributed by atoms with Crippen LogP contribution < -0.4 is 5.32 Å². The molecule has 1 N–H and O–H groups in total. The predicted octanol–water partition coefficient (Wildman–Crippen LogP) is 4.15. The Labute approximate surface area is 129 Å². The highest BCUT2D eigenvalue weighted by atomic mass is 79.9. The predicted molar refractivity (Wildman–Crippen MR) is 80.9 cm³/mol. The fourth-order valence-electron chi connectivity index (χ4n) is 2.06. The third-order valence-electron chi connectivity index (χ3n) is 3.03. The number of amides is 1. The molecule has 106 valence electrons. The summed E-state index contributed by atoms with van der Waals surface area (Å²) in [6, 6.07) is 16.2. The fourth-order valence-corrected chi connectivity index (χ4v) is 2.36. The van der Waals surface area contributed by atoms with Gasteiger partial charge in [-0.05, 0) is 45.8 Å². The average molecular weight is 346 g/mol. The lowest BCUT2D eigenvalue weighted by molar-refractivity contribution is 0.0909. The summed E-state index contributed by atoms with van der Waals surface area (Å²) in [5, 5.41) is 2.92. The minimum absolute atomic E-state index is 0.245. The maximum Gasteiger partial charge on any atom is 0.287 e. The van der Waals surface area contributed by atoms with Gasteiger partial charge >= 0.3 is 0 Å². The van der Waals surface area contributed by atoms with Crippen molar-refractivity contribution < 1.29 is 13.6 Å². The molecule has 0 aliphatic heterocycles. The molecule has 0 aliphatic rings. The summed E-state index contributed by atoms with van der Waals surface area (Å²) in [5.41, 5.74) is 0.937. The minimum atomic E-state index is -0.363. The van der Waals surface area contributed by atoms with E-state index in [0.717, 1.165) is 5.56 Å². The van der Waals surface area contributed by atoms with Crippen LogP contribution in [0.2, 0.25) is 0 Å². The molecule has 5 heteroatoms. The largest absolute Gasteiger partial charge is 0.467 e. The third kappa shape index (κ3) is 3.08. The van der Waals surface area contributed by atoms with Gasteiger partial charge in [0.05, 0.1) is 6.26 Å². The quantitative estimate of drug-likeness (QED) is 0.772. The van der Waals surface area contributed by atoms with Gasteiger partial charge in [-0.2, -0.15) is 0 Å². The van der Waals surface area contributed by atoms with Crippen LogP contribution in [0, 0.1) is 0 Å². The number of rotatable bonds is 4. The molecular formula is C16H12BrNO3. The van der Waals surface area contributed by atoms with Crippen molar-refractivity contribution in [3.63, 3.8) is 0 Å². The zero-order valence-corrected chi connectivity index (χ0v) is 12.5. The number of carbonyl (C=O) groups excluding carboxylic acids is 1. The molecule has 1 aromatic carbocycles. The number of nitrogens with one attached hydrogen (secondary N) is 1. The number of furan rings is 2. The number of benzene rings is 1. The van der Waals surface area contributed by atoms with Crippen molar-refractivity contribution in [2.75, 3.05) is 0 Å². The van der Waals surface area contributed by atoms with E-state index in [4.69, 9.17) is 8.83 Å². The van der Waals surface area contributed by atoms with Gasteiger partial charge in [0.2, 0.25) is 0 Å². The molecule has 0 saturated heterocycles. The highest BCUT2D eigenvalue weighted by Crippen LogP contribution is 2.23. The Morgan fingerprint density at radius 1 is 1.05 bits per heavy atom. The van der Waals surface area contributed by atoms with Crippen LogP contribution in [0.4, 0.5) is 0 Å². The van der Waals surface area contributed by atoms with Crippen LogP contribution in [0.25, 0.3) is 0 Å². The van der Waals surface area contributed by atoms with Crippen LogP contribution in [0.3, 0.4) is 0 Å². The molecule has 0 spiro atoms. The molecule has 0 saturated carbocycles. The molecule has 21 heavy (non-hydrogen) atoms. The summed E-state index contributed by atoms with van der Waals surface area (Å²) >= 11 is 3.19. The SMILES string of the molecule is O=C(NC(c1ccccc1)c1ccco1)c1ccc(Br)o1. The molecule has 3 rings (SSSR count). The highest BCUT2D eigenvalue weighted by Gasteiger charge is 2.21. The first-order chi connectivity index (χ1) is 10.2. The minimum Gasteiger partial charge on any atom is -0.467 e. The van der Waals surface area contributed by atoms with Gasteiger partial charge in [-0.3, -0.25) is 4.79 Å². The van der Waals surface area contributed by atoms with Crippen LogP contribution in [-0.4, -0.2) is 5.91 Å². The second-order valence-electron chi connectivity index (χ2n) is 4.44. The van der Waals surface area contributed by atoms with Crippen molar-refractivity contribution in [3.8, 4) is 0 Å². The molecule has 2 heterocycles. The van der Waals surface area contributed by atoms with Gasteiger partial charge in [0.1, 0.15) is 11.8 Å². The summed E-state index contributed by atoms with van der Waals surface area (Å²) in [5.74, 6) is 0.612. The number of hydrogen-bond acceptors (Lipinski definition) is 3. The fraction of sp³-hybridized carbons (Fsp3) is 0.0625. The monoisotopic (exact) mass is 345 g/mol. The van der Waals surface area contributed by atoms with E-state index < -0.39 is 0 Å². The lowest BCUT2D eigenvalue weighted by atomic mass is 10.0. The Kier molecular flexibility index (Phi) is 3.92. The maximum atomic E-state index is 12.3. The Balaban J connectivity index is 1.88. The van der Waals surface area contributed by atoms with Crippen molar-refractivity contribution >= 4 is 21.8 Å². The Hall–Kier alpha value is -2.27. The first kappa shape index (κ1) is 13.7. The van der Waals surface area contributed by atoms with Crippen molar-refractivity contribution in [2.45, 2.75) is 6.04 Å². The van der Waals surface area contributed by atoms with Crippen LogP contribution in [0.15, 0.2) is 74.4 Å². The lowest BCUT2D eigenvalue weighted by Crippen LogP contribution is -2.28. The summed E-state index contributed by atoms with van der Waals surface area (Å²) < 4.78 is 11.2. The van der Waals surface area contributed by atoms with E-state index >= 15 is 0 Å². The van der Waals surface area contributed by atoms with Crippen molar-refractivity contribution in [1.29, 1.82) is 0 Å². The van der Waals surface area contributed by atoms with Gasteiger partial charge in [-0.15, -0.1) is 0 Å². The van der Waals surface area contributed by atoms with Gasteiger partial charge in [0.25, 0.3) is 5.91 Å². The maximum absolute atomic E-state index is 12.3. The molecule has 0 bridgehead atoms. The topological polar surface area (TPSA) is 55.4 Å². The van der Waals surface area contributed by atoms with Crippen molar-refractivity contribution in [2.24, 2.45) is 0 Å². The van der Waals surface area contributed by atoms with E-state index in [1.165, 1.54) is 0 Å². The smallest absolute Gasteiger partial charge is 0.287 e. The van der Waals surface area contributed by atoms with Crippen molar-refractivity contribution in [3.05, 3.63) is 82.6 Å². The highest BCUT2D eigenvalue weighted by molar-refractivity contribution is 9.10. The van der Waals surface area contributed by atoms with Gasteiger partial charge in [-0.25, -0.2) is 0 Å². The van der Waals surface area contributed by atoms with E-state index in [9.17, 15) is 4.79 Å². The standard InChI is InChI=1S/C16H12BrNO3/c17-14-9-8-13(21-14)16(19)18-15(12-7-4-10-20-12)11-5-2-1-3-6-11/h1-10,15H,(H,18,19). The Morgan fingerprint density at radius 3 is 2.48 bits per heavy atom. The van der Waals surface area contributed by atoms with E-state index in [-0.39, 0.29) is 17.7 Å². The second-order valence-corrected chi connectivity index (χ2v) is 5.22. The number of carbonyl (C=O) groups is 1. The molecule has 3 aromatic rings. The summed E-state index contributed by atoms with van der Waals surface area (Å²) in [6.45, 7) is 0. The van der Waals surface area contributed by atoms with Gasteiger partial charge < -0.3 is 14.2 Å². The summed E-state index contributed by atoms with van der Waals surface area (Å²) in [4.78, 5) is 12.3. The van der Waals surface area contributed by atoms with E-state index in [2.05, 4.69) is 21.2 Å². The first-order valence-corrected chi connectivity index (χ1v) is 7.18. The lowest BCUT2D eigenvalue weighted by Gasteiger charge is -2.16. The van der Waals surface area contributed by atoms with Gasteiger partial charge in [-0.1, -0.05) is 30.3 Å². The Morgan fingerprint density at radius 2 is 1.86 bits per heavy atom. The van der Waals surface area contributed by atoms with Crippen LogP contribution in [0.5, 0.6) is 0 Å². The average Bonchev–Trinajstić information content (AvgIpc) is 3.17. The molecular weight excluding hydrogens is 334 g/mol. The normalized spacial score (nSPS) is 12.0. The zero-order valence-electron chi connectivity index (χ0n) is 11.0. The molecule has 2 aromatic heterocycles. The van der Waals surface area contributed by atoms with Crippen LogP contribution in [0.1, 0.15) is 27.9 Å². The first-order valence-electron chi connectivity index (χ1n) is 6.38. The molecule has 1 amide bonds. The summed E-state index contributed by atoms with van der Waals surface area (Å²) in [7, 11) is 0. The number of hydrogen-bond donors (Lipinski definition) is 1. The molecule has 1 unspecified atom stereocenters. The van der Waals surface area contributed by atoms with E-state index in [0.29, 0.717) is 10.4 Å². The third-order valence-corrected chi connectivity index (χ3v) is 3.46. The van der Waals surface area contributed by atoms with Gasteiger partial charge in [0, 0.05) is 0 Å². The Bertz CT molecular complexity index is 719. The van der Waals surface area contributed by atoms with Crippen molar-refractivity contribution in [1.82, 2.24) is 5.32 Å². The molecule has 0 aliphatic carbocycles. The number of halogens is 1. The molecule has 0 fully saturated rings. The van der Waals surface area contributed by atoms with Crippen LogP contribution >= 0.6 is 15.9 Å². The van der Waals surface area contributed by atoms with Gasteiger partial charge in [0.15, 0.2) is 10.4 Å².